The number of nitro groups is 1. The normalized spacial score (nSPS) is 11.6. The molecule has 0 aromatic heterocycles. The van der Waals surface area contributed by atoms with Crippen LogP contribution in [0.15, 0.2) is 48.5 Å². The lowest BCUT2D eigenvalue weighted by atomic mass is 10.0. The van der Waals surface area contributed by atoms with Gasteiger partial charge in [0.2, 0.25) is 0 Å². The van der Waals surface area contributed by atoms with Gasteiger partial charge in [-0.1, -0.05) is 43.3 Å². The van der Waals surface area contributed by atoms with Gasteiger partial charge in [-0.25, -0.2) is 0 Å². The fraction of sp³-hybridized carbons (Fsp3) is 0.278. The molecular formula is C18H20N2O4. The molecule has 1 amide bonds. The van der Waals surface area contributed by atoms with Crippen molar-refractivity contribution in [3.05, 3.63) is 69.8 Å². The standard InChI is InChI=1S/C18H20N2O4/c1-13-8-9-17(16(10-13)20(22)23)24-12-18(21)19-11-14(2)15-6-4-3-5-7-15/h3-10,14H,11-12H2,1-2H3,(H,19,21)/t14-/m1/s1. The first-order chi connectivity index (χ1) is 11.5. The fourth-order valence-electron chi connectivity index (χ4n) is 2.25. The van der Waals surface area contributed by atoms with E-state index < -0.39 is 4.92 Å². The van der Waals surface area contributed by atoms with E-state index >= 15 is 0 Å². The van der Waals surface area contributed by atoms with Crippen molar-refractivity contribution in [2.24, 2.45) is 0 Å². The van der Waals surface area contributed by atoms with Crippen LogP contribution in [0.5, 0.6) is 5.75 Å². The number of nitro benzene ring substituents is 1. The molecule has 0 fully saturated rings. The topological polar surface area (TPSA) is 81.5 Å². The Morgan fingerprint density at radius 2 is 1.96 bits per heavy atom. The largest absolute Gasteiger partial charge is 0.477 e. The third-order valence-electron chi connectivity index (χ3n) is 3.64. The zero-order valence-corrected chi connectivity index (χ0v) is 13.7. The molecule has 0 unspecified atom stereocenters. The summed E-state index contributed by atoms with van der Waals surface area (Å²) in [6.07, 6.45) is 0. The zero-order valence-electron chi connectivity index (χ0n) is 13.7. The van der Waals surface area contributed by atoms with Gasteiger partial charge in [-0.15, -0.1) is 0 Å². The Labute approximate surface area is 140 Å². The Hall–Kier alpha value is -2.89. The lowest BCUT2D eigenvalue weighted by Gasteiger charge is -2.13. The highest BCUT2D eigenvalue weighted by Gasteiger charge is 2.16. The molecule has 0 saturated carbocycles. The highest BCUT2D eigenvalue weighted by atomic mass is 16.6. The maximum absolute atomic E-state index is 11.9. The van der Waals surface area contributed by atoms with Gasteiger partial charge in [-0.3, -0.25) is 14.9 Å². The zero-order chi connectivity index (χ0) is 17.5. The molecule has 0 heterocycles. The van der Waals surface area contributed by atoms with E-state index in [4.69, 9.17) is 4.74 Å². The van der Waals surface area contributed by atoms with Crippen LogP contribution in [0.3, 0.4) is 0 Å². The molecule has 24 heavy (non-hydrogen) atoms. The minimum absolute atomic E-state index is 0.0943. The number of carbonyl (C=O) groups is 1. The van der Waals surface area contributed by atoms with Gasteiger partial charge in [0.15, 0.2) is 12.4 Å². The molecule has 6 nitrogen and oxygen atoms in total. The number of amides is 1. The molecular weight excluding hydrogens is 308 g/mol. The number of hydrogen-bond donors (Lipinski definition) is 1. The van der Waals surface area contributed by atoms with Crippen molar-refractivity contribution in [3.8, 4) is 5.75 Å². The Bertz CT molecular complexity index is 716. The van der Waals surface area contributed by atoms with Crippen LogP contribution in [-0.2, 0) is 4.79 Å². The predicted molar refractivity (Wildman–Crippen MR) is 91.2 cm³/mol. The third kappa shape index (κ3) is 4.81. The van der Waals surface area contributed by atoms with Gasteiger partial charge in [0, 0.05) is 12.6 Å². The number of ether oxygens (including phenoxy) is 1. The molecule has 6 heteroatoms. The molecule has 1 atom stereocenters. The first-order valence-corrected chi connectivity index (χ1v) is 7.67. The van der Waals surface area contributed by atoms with Crippen LogP contribution < -0.4 is 10.1 Å². The van der Waals surface area contributed by atoms with Crippen LogP contribution >= 0.6 is 0 Å². The van der Waals surface area contributed by atoms with Gasteiger partial charge in [0.25, 0.3) is 5.91 Å². The number of nitrogens with zero attached hydrogens (tertiary/aromatic N) is 1. The molecule has 2 rings (SSSR count). The number of aryl methyl sites for hydroxylation is 1. The summed E-state index contributed by atoms with van der Waals surface area (Å²) in [6, 6.07) is 14.5. The molecule has 126 valence electrons. The van der Waals surface area contributed by atoms with E-state index in [1.54, 1.807) is 13.0 Å². The fourth-order valence-corrected chi connectivity index (χ4v) is 2.25. The Balaban J connectivity index is 1.87. The lowest BCUT2D eigenvalue weighted by Crippen LogP contribution is -2.31. The molecule has 0 bridgehead atoms. The predicted octanol–water partition coefficient (Wildman–Crippen LogP) is 3.20. The molecule has 0 radical (unpaired) electrons. The van der Waals surface area contributed by atoms with E-state index in [0.717, 1.165) is 11.1 Å². The SMILES string of the molecule is Cc1ccc(OCC(=O)NC[C@@H](C)c2ccccc2)c([N+](=O)[O-])c1. The van der Waals surface area contributed by atoms with Crippen molar-refractivity contribution < 1.29 is 14.5 Å². The van der Waals surface area contributed by atoms with Crippen LogP contribution in [0.2, 0.25) is 0 Å². The number of carbonyl (C=O) groups excluding carboxylic acids is 1. The molecule has 2 aromatic rings. The lowest BCUT2D eigenvalue weighted by molar-refractivity contribution is -0.385. The van der Waals surface area contributed by atoms with E-state index in [2.05, 4.69) is 5.32 Å². The number of nitrogens with one attached hydrogen (secondary N) is 1. The van der Waals surface area contributed by atoms with Gasteiger partial charge in [0.05, 0.1) is 4.92 Å². The maximum Gasteiger partial charge on any atom is 0.311 e. The molecule has 0 saturated heterocycles. The first-order valence-electron chi connectivity index (χ1n) is 7.67. The summed E-state index contributed by atoms with van der Waals surface area (Å²) in [5.41, 5.74) is 1.75. The quantitative estimate of drug-likeness (QED) is 0.625. The van der Waals surface area contributed by atoms with Crippen LogP contribution in [0.1, 0.15) is 24.0 Å². The maximum atomic E-state index is 11.9. The molecule has 1 N–H and O–H groups in total. The van der Waals surface area contributed by atoms with Gasteiger partial charge in [-0.05, 0) is 30.0 Å². The van der Waals surface area contributed by atoms with Gasteiger partial charge >= 0.3 is 5.69 Å². The Morgan fingerprint density at radius 3 is 2.62 bits per heavy atom. The Morgan fingerprint density at radius 1 is 1.25 bits per heavy atom. The van der Waals surface area contributed by atoms with Crippen molar-refractivity contribution in [1.29, 1.82) is 0 Å². The summed E-state index contributed by atoms with van der Waals surface area (Å²) < 4.78 is 5.30. The summed E-state index contributed by atoms with van der Waals surface area (Å²) >= 11 is 0. The summed E-state index contributed by atoms with van der Waals surface area (Å²) in [5, 5.41) is 13.8. The number of benzene rings is 2. The highest BCUT2D eigenvalue weighted by Crippen LogP contribution is 2.27. The van der Waals surface area contributed by atoms with Crippen LogP contribution in [0, 0.1) is 17.0 Å². The van der Waals surface area contributed by atoms with Crippen molar-refractivity contribution in [3.63, 3.8) is 0 Å². The molecule has 2 aromatic carbocycles. The first kappa shape index (κ1) is 17.5. The third-order valence-corrected chi connectivity index (χ3v) is 3.64. The smallest absolute Gasteiger partial charge is 0.311 e. The van der Waals surface area contributed by atoms with E-state index in [-0.39, 0.29) is 29.9 Å². The summed E-state index contributed by atoms with van der Waals surface area (Å²) in [7, 11) is 0. The average molecular weight is 328 g/mol. The number of rotatable bonds is 7. The monoisotopic (exact) mass is 328 g/mol. The minimum Gasteiger partial charge on any atom is -0.477 e. The van der Waals surface area contributed by atoms with E-state index in [0.29, 0.717) is 6.54 Å². The van der Waals surface area contributed by atoms with Crippen LogP contribution in [0.4, 0.5) is 5.69 Å². The van der Waals surface area contributed by atoms with Crippen molar-refractivity contribution in [1.82, 2.24) is 5.32 Å². The highest BCUT2D eigenvalue weighted by molar-refractivity contribution is 5.77. The molecule has 0 aliphatic carbocycles. The average Bonchev–Trinajstić information content (AvgIpc) is 2.59. The van der Waals surface area contributed by atoms with E-state index in [1.807, 2.05) is 37.3 Å². The van der Waals surface area contributed by atoms with Crippen molar-refractivity contribution in [2.45, 2.75) is 19.8 Å². The number of hydrogen-bond acceptors (Lipinski definition) is 4. The minimum atomic E-state index is -0.516. The summed E-state index contributed by atoms with van der Waals surface area (Å²) in [5.74, 6) is -0.0478. The van der Waals surface area contributed by atoms with Crippen molar-refractivity contribution >= 4 is 11.6 Å². The van der Waals surface area contributed by atoms with Gasteiger partial charge < -0.3 is 10.1 Å². The molecule has 0 aliphatic heterocycles. The van der Waals surface area contributed by atoms with Crippen LogP contribution in [0.25, 0.3) is 0 Å². The van der Waals surface area contributed by atoms with E-state index in [9.17, 15) is 14.9 Å². The molecule has 0 aliphatic rings. The van der Waals surface area contributed by atoms with Crippen LogP contribution in [-0.4, -0.2) is 24.0 Å². The molecule has 0 spiro atoms. The Kier molecular flexibility index (Phi) is 5.89. The van der Waals surface area contributed by atoms with Gasteiger partial charge in [0.1, 0.15) is 0 Å². The van der Waals surface area contributed by atoms with Gasteiger partial charge in [-0.2, -0.15) is 0 Å². The van der Waals surface area contributed by atoms with E-state index in [1.165, 1.54) is 12.1 Å². The second-order valence-electron chi connectivity index (χ2n) is 5.63. The second-order valence-corrected chi connectivity index (χ2v) is 5.63. The second kappa shape index (κ2) is 8.10. The summed E-state index contributed by atoms with van der Waals surface area (Å²) in [6.45, 7) is 3.99. The van der Waals surface area contributed by atoms with Crippen molar-refractivity contribution in [2.75, 3.05) is 13.2 Å². The summed E-state index contributed by atoms with van der Waals surface area (Å²) in [4.78, 5) is 22.4.